The molecule has 0 unspecified atom stereocenters. The van der Waals surface area contributed by atoms with Crippen molar-refractivity contribution in [2.45, 2.75) is 0 Å². The number of benzene rings is 1. The molecule has 0 atom stereocenters. The molecule has 0 saturated carbocycles. The molecule has 7 heteroatoms. The standard InChI is InChI=1S/C15H8ClNO3S2/c16-11-6-2-1-5-10(11)13(18)17-14(19)12(22-15(17)21)8-9-4-3-7-20-9/h1-8H/b12-8+. The lowest BCUT2D eigenvalue weighted by Crippen LogP contribution is -2.34. The molecular weight excluding hydrogens is 342 g/mol. The number of imide groups is 1. The van der Waals surface area contributed by atoms with Crippen LogP contribution in [-0.2, 0) is 4.79 Å². The van der Waals surface area contributed by atoms with Gasteiger partial charge in [0.25, 0.3) is 11.8 Å². The average Bonchev–Trinajstić information content (AvgIpc) is 3.08. The SMILES string of the molecule is O=C1/C(=C\c2ccco2)SC(=S)N1C(=O)c1ccccc1Cl. The molecule has 4 nitrogen and oxygen atoms in total. The van der Waals surface area contributed by atoms with Crippen LogP contribution in [0.3, 0.4) is 0 Å². The van der Waals surface area contributed by atoms with Crippen LogP contribution in [0.2, 0.25) is 5.02 Å². The third kappa shape index (κ3) is 2.72. The maximum atomic E-state index is 12.5. The molecule has 1 aliphatic heterocycles. The van der Waals surface area contributed by atoms with E-state index in [9.17, 15) is 9.59 Å². The molecule has 3 rings (SSSR count). The maximum absolute atomic E-state index is 12.5. The molecule has 2 amide bonds. The van der Waals surface area contributed by atoms with Crippen LogP contribution in [-0.4, -0.2) is 21.0 Å². The van der Waals surface area contributed by atoms with Crippen LogP contribution in [0.25, 0.3) is 6.08 Å². The van der Waals surface area contributed by atoms with Crippen molar-refractivity contribution in [2.24, 2.45) is 0 Å². The number of hydrogen-bond acceptors (Lipinski definition) is 5. The van der Waals surface area contributed by atoms with E-state index < -0.39 is 11.8 Å². The van der Waals surface area contributed by atoms with Crippen molar-refractivity contribution in [3.63, 3.8) is 0 Å². The Labute approximate surface area is 140 Å². The van der Waals surface area contributed by atoms with Crippen LogP contribution in [0, 0.1) is 0 Å². The Morgan fingerprint density at radius 3 is 2.73 bits per heavy atom. The fraction of sp³-hybridized carbons (Fsp3) is 0. The van der Waals surface area contributed by atoms with Crippen molar-refractivity contribution in [2.75, 3.05) is 0 Å². The van der Waals surface area contributed by atoms with Gasteiger partial charge in [-0.15, -0.1) is 0 Å². The lowest BCUT2D eigenvalue weighted by atomic mass is 10.2. The van der Waals surface area contributed by atoms with Crippen molar-refractivity contribution >= 4 is 57.8 Å². The van der Waals surface area contributed by atoms with Gasteiger partial charge in [0.15, 0.2) is 4.32 Å². The van der Waals surface area contributed by atoms with Crippen molar-refractivity contribution in [3.8, 4) is 0 Å². The topological polar surface area (TPSA) is 50.5 Å². The van der Waals surface area contributed by atoms with Crippen LogP contribution in [0.1, 0.15) is 16.1 Å². The van der Waals surface area contributed by atoms with Crippen molar-refractivity contribution < 1.29 is 14.0 Å². The highest BCUT2D eigenvalue weighted by Crippen LogP contribution is 2.34. The Balaban J connectivity index is 1.92. The van der Waals surface area contributed by atoms with Gasteiger partial charge in [-0.05, 0) is 24.3 Å². The van der Waals surface area contributed by atoms with E-state index in [4.69, 9.17) is 28.2 Å². The van der Waals surface area contributed by atoms with E-state index in [1.807, 2.05) is 0 Å². The summed E-state index contributed by atoms with van der Waals surface area (Å²) in [5.74, 6) is -0.488. The summed E-state index contributed by atoms with van der Waals surface area (Å²) < 4.78 is 5.34. The Kier molecular flexibility index (Phi) is 4.15. The number of rotatable bonds is 2. The lowest BCUT2D eigenvalue weighted by Gasteiger charge is -2.13. The molecule has 0 radical (unpaired) electrons. The zero-order valence-corrected chi connectivity index (χ0v) is 13.4. The molecule has 0 bridgehead atoms. The molecule has 1 aromatic heterocycles. The van der Waals surface area contributed by atoms with Gasteiger partial charge in [-0.1, -0.05) is 47.7 Å². The first-order valence-electron chi connectivity index (χ1n) is 6.18. The Morgan fingerprint density at radius 1 is 1.27 bits per heavy atom. The zero-order chi connectivity index (χ0) is 15.7. The number of hydrogen-bond donors (Lipinski definition) is 0. The van der Waals surface area contributed by atoms with Crippen molar-refractivity contribution in [1.82, 2.24) is 4.90 Å². The Bertz CT molecular complexity index is 799. The molecule has 0 aliphatic carbocycles. The predicted octanol–water partition coefficient (Wildman–Crippen LogP) is 3.97. The molecule has 2 heterocycles. The van der Waals surface area contributed by atoms with Gasteiger partial charge in [-0.2, -0.15) is 0 Å². The van der Waals surface area contributed by atoms with Gasteiger partial charge in [0.05, 0.1) is 21.8 Å². The highest BCUT2D eigenvalue weighted by molar-refractivity contribution is 8.26. The van der Waals surface area contributed by atoms with Crippen LogP contribution in [0.15, 0.2) is 52.0 Å². The number of nitrogens with zero attached hydrogens (tertiary/aromatic N) is 1. The number of thioether (sulfide) groups is 1. The molecular formula is C15H8ClNO3S2. The van der Waals surface area contributed by atoms with E-state index in [1.165, 1.54) is 6.26 Å². The van der Waals surface area contributed by atoms with Gasteiger partial charge in [-0.3, -0.25) is 9.59 Å². The summed E-state index contributed by atoms with van der Waals surface area (Å²) in [7, 11) is 0. The highest BCUT2D eigenvalue weighted by atomic mass is 35.5. The molecule has 0 N–H and O–H groups in total. The second-order valence-electron chi connectivity index (χ2n) is 4.32. The summed E-state index contributed by atoms with van der Waals surface area (Å²) >= 11 is 12.2. The number of amides is 2. The largest absolute Gasteiger partial charge is 0.465 e. The van der Waals surface area contributed by atoms with E-state index in [1.54, 1.807) is 42.5 Å². The monoisotopic (exact) mass is 349 g/mol. The van der Waals surface area contributed by atoms with E-state index in [2.05, 4.69) is 0 Å². The van der Waals surface area contributed by atoms with E-state index in [-0.39, 0.29) is 14.9 Å². The van der Waals surface area contributed by atoms with Gasteiger partial charge in [0.1, 0.15) is 5.76 Å². The van der Waals surface area contributed by atoms with Crippen molar-refractivity contribution in [3.05, 3.63) is 63.9 Å². The molecule has 0 spiro atoms. The number of carbonyl (C=O) groups is 2. The number of furan rings is 1. The molecule has 22 heavy (non-hydrogen) atoms. The molecule has 1 aliphatic rings. The van der Waals surface area contributed by atoms with Gasteiger partial charge >= 0.3 is 0 Å². The number of thiocarbonyl (C=S) groups is 1. The van der Waals surface area contributed by atoms with E-state index in [0.29, 0.717) is 10.7 Å². The minimum atomic E-state index is -0.532. The first-order chi connectivity index (χ1) is 10.6. The smallest absolute Gasteiger partial charge is 0.273 e. The number of carbonyl (C=O) groups excluding carboxylic acids is 2. The van der Waals surface area contributed by atoms with Crippen molar-refractivity contribution in [1.29, 1.82) is 0 Å². The fourth-order valence-electron chi connectivity index (χ4n) is 1.90. The van der Waals surface area contributed by atoms with Gasteiger partial charge in [0, 0.05) is 6.08 Å². The lowest BCUT2D eigenvalue weighted by molar-refractivity contribution is -0.120. The highest BCUT2D eigenvalue weighted by Gasteiger charge is 2.38. The predicted molar refractivity (Wildman–Crippen MR) is 89.5 cm³/mol. The summed E-state index contributed by atoms with van der Waals surface area (Å²) in [6, 6.07) is 9.95. The zero-order valence-electron chi connectivity index (χ0n) is 11.0. The molecule has 1 aromatic carbocycles. The first-order valence-corrected chi connectivity index (χ1v) is 7.78. The molecule has 110 valence electrons. The maximum Gasteiger partial charge on any atom is 0.273 e. The minimum absolute atomic E-state index is 0.174. The second-order valence-corrected chi connectivity index (χ2v) is 6.40. The summed E-state index contributed by atoms with van der Waals surface area (Å²) in [5.41, 5.74) is 0.236. The average molecular weight is 350 g/mol. The molecule has 2 aromatic rings. The van der Waals surface area contributed by atoms with Gasteiger partial charge in [-0.25, -0.2) is 4.90 Å². The van der Waals surface area contributed by atoms with Gasteiger partial charge in [0.2, 0.25) is 0 Å². The minimum Gasteiger partial charge on any atom is -0.465 e. The van der Waals surface area contributed by atoms with Gasteiger partial charge < -0.3 is 4.42 Å². The Morgan fingerprint density at radius 2 is 2.05 bits per heavy atom. The van der Waals surface area contributed by atoms with Crippen LogP contribution in [0.4, 0.5) is 0 Å². The van der Waals surface area contributed by atoms with Crippen LogP contribution < -0.4 is 0 Å². The number of halogens is 1. The van der Waals surface area contributed by atoms with Crippen LogP contribution >= 0.6 is 35.6 Å². The molecule has 1 saturated heterocycles. The summed E-state index contributed by atoms with van der Waals surface area (Å²) in [6.45, 7) is 0. The Hall–Kier alpha value is -1.89. The first kappa shape index (κ1) is 15.0. The van der Waals surface area contributed by atoms with E-state index in [0.717, 1.165) is 16.7 Å². The van der Waals surface area contributed by atoms with E-state index >= 15 is 0 Å². The normalized spacial score (nSPS) is 16.6. The third-order valence-corrected chi connectivity index (χ3v) is 4.55. The summed E-state index contributed by atoms with van der Waals surface area (Å²) in [5, 5.41) is 0.275. The molecule has 1 fully saturated rings. The third-order valence-electron chi connectivity index (χ3n) is 2.92. The fourth-order valence-corrected chi connectivity index (χ4v) is 3.35. The van der Waals surface area contributed by atoms with Crippen LogP contribution in [0.5, 0.6) is 0 Å². The summed E-state index contributed by atoms with van der Waals surface area (Å²) in [4.78, 5) is 26.2. The second kappa shape index (κ2) is 6.08. The summed E-state index contributed by atoms with van der Waals surface area (Å²) in [6.07, 6.45) is 3.06. The quantitative estimate of drug-likeness (QED) is 0.466.